The van der Waals surface area contributed by atoms with Crippen LogP contribution in [0.4, 0.5) is 0 Å². The van der Waals surface area contributed by atoms with Gasteiger partial charge in [-0.05, 0) is 6.42 Å². The first-order valence-electron chi connectivity index (χ1n) is 10.0. The molecule has 13 heteroatoms. The lowest BCUT2D eigenvalue weighted by Crippen LogP contribution is -2.53. The van der Waals surface area contributed by atoms with Gasteiger partial charge < -0.3 is 30.1 Å². The first-order valence-corrected chi connectivity index (χ1v) is 10.0. The molecule has 4 heterocycles. The fraction of sp³-hybridized carbons (Fsp3) is 0.765. The van der Waals surface area contributed by atoms with E-state index in [-0.39, 0.29) is 17.8 Å². The van der Waals surface area contributed by atoms with E-state index in [4.69, 9.17) is 14.9 Å². The fourth-order valence-electron chi connectivity index (χ4n) is 3.91. The van der Waals surface area contributed by atoms with Crippen molar-refractivity contribution in [2.75, 3.05) is 46.0 Å². The van der Waals surface area contributed by atoms with Gasteiger partial charge in [-0.1, -0.05) is 0 Å². The third-order valence-corrected chi connectivity index (χ3v) is 5.51. The molecule has 3 fully saturated rings. The molecule has 0 aromatic heterocycles. The summed E-state index contributed by atoms with van der Waals surface area (Å²) in [4.78, 5) is 24.6. The SMILES string of the molecule is N=C1N=C2C(NC(=NCCCN3CCOCC3)N2[C@H]2O[C@@H](CO)[C@H](O)[C@@H]2O)C(=O)N1. The van der Waals surface area contributed by atoms with E-state index in [1.165, 1.54) is 4.90 Å². The molecule has 5 atom stereocenters. The summed E-state index contributed by atoms with van der Waals surface area (Å²) in [5, 5.41) is 43.0. The second kappa shape index (κ2) is 8.91. The Balaban J connectivity index is 1.51. The minimum absolute atomic E-state index is 0.158. The number of hydrogen-bond acceptors (Lipinski definition) is 9. The number of amidine groups is 1. The lowest BCUT2D eigenvalue weighted by atomic mass is 10.1. The van der Waals surface area contributed by atoms with Gasteiger partial charge in [0, 0.05) is 26.2 Å². The molecule has 166 valence electrons. The van der Waals surface area contributed by atoms with Crippen LogP contribution in [0.15, 0.2) is 9.98 Å². The number of aliphatic imine (C=N–C) groups is 2. The van der Waals surface area contributed by atoms with Crippen LogP contribution in [-0.4, -0.2) is 125 Å². The summed E-state index contributed by atoms with van der Waals surface area (Å²) in [6, 6.07) is -0.891. The van der Waals surface area contributed by atoms with Crippen LogP contribution >= 0.6 is 0 Å². The number of aliphatic hydroxyl groups excluding tert-OH is 3. The van der Waals surface area contributed by atoms with Gasteiger partial charge in [-0.25, -0.2) is 0 Å². The smallest absolute Gasteiger partial charge is 0.257 e. The molecule has 0 saturated carbocycles. The summed E-state index contributed by atoms with van der Waals surface area (Å²) < 4.78 is 11.0. The summed E-state index contributed by atoms with van der Waals surface area (Å²) in [5.41, 5.74) is 0. The van der Waals surface area contributed by atoms with E-state index in [9.17, 15) is 20.1 Å². The summed E-state index contributed by atoms with van der Waals surface area (Å²) in [6.45, 7) is 4.02. The zero-order valence-corrected chi connectivity index (χ0v) is 16.4. The van der Waals surface area contributed by atoms with Crippen molar-refractivity contribution in [2.24, 2.45) is 9.98 Å². The van der Waals surface area contributed by atoms with Crippen LogP contribution in [-0.2, 0) is 14.3 Å². The predicted molar refractivity (Wildman–Crippen MR) is 104 cm³/mol. The van der Waals surface area contributed by atoms with Gasteiger partial charge in [0.05, 0.1) is 19.8 Å². The highest BCUT2D eigenvalue weighted by atomic mass is 16.6. The fourth-order valence-corrected chi connectivity index (χ4v) is 3.91. The Bertz CT molecular complexity index is 740. The van der Waals surface area contributed by atoms with E-state index in [1.807, 2.05) is 0 Å². The molecule has 1 unspecified atom stereocenters. The van der Waals surface area contributed by atoms with Gasteiger partial charge >= 0.3 is 0 Å². The summed E-state index contributed by atoms with van der Waals surface area (Å²) >= 11 is 0. The standard InChI is InChI=1S/C17H27N7O6/c18-16-21-13-10(14(28)22-16)20-17(19-2-1-3-23-4-6-29-7-5-23)24(13)15-12(27)11(26)9(8-25)30-15/h9-12,15,25-27H,1-8H2,(H,19,20)(H2,18,22,28)/t9-,10?,11-,12-,15-/m0/s1. The number of carbonyl (C=O) groups excluding carboxylic acids is 1. The van der Waals surface area contributed by atoms with E-state index in [1.54, 1.807) is 0 Å². The zero-order valence-electron chi connectivity index (χ0n) is 16.4. The van der Waals surface area contributed by atoms with Crippen molar-refractivity contribution >= 4 is 23.7 Å². The maximum Gasteiger partial charge on any atom is 0.257 e. The number of aliphatic hydroxyl groups is 3. The number of nitrogens with zero attached hydrogens (tertiary/aromatic N) is 4. The maximum atomic E-state index is 12.3. The molecule has 1 amide bonds. The summed E-state index contributed by atoms with van der Waals surface area (Å²) in [7, 11) is 0. The third-order valence-electron chi connectivity index (χ3n) is 5.51. The molecule has 4 rings (SSSR count). The lowest BCUT2D eigenvalue weighted by Gasteiger charge is -2.29. The second-order valence-electron chi connectivity index (χ2n) is 7.50. The molecule has 0 aromatic rings. The van der Waals surface area contributed by atoms with Crippen LogP contribution in [0.1, 0.15) is 6.42 Å². The third kappa shape index (κ3) is 4.04. The number of guanidine groups is 2. The van der Waals surface area contributed by atoms with Gasteiger partial charge in [0.25, 0.3) is 5.91 Å². The number of fused-ring (bicyclic) bond motifs is 1. The molecule has 0 spiro atoms. The quantitative estimate of drug-likeness (QED) is 0.233. The summed E-state index contributed by atoms with van der Waals surface area (Å²) in [5.74, 6) is -0.385. The normalized spacial score (nSPS) is 36.0. The van der Waals surface area contributed by atoms with Crippen LogP contribution in [0.5, 0.6) is 0 Å². The number of morpholine rings is 1. The average Bonchev–Trinajstić information content (AvgIpc) is 3.23. The van der Waals surface area contributed by atoms with Gasteiger partial charge in [0.2, 0.25) is 11.9 Å². The predicted octanol–water partition coefficient (Wildman–Crippen LogP) is -3.76. The van der Waals surface area contributed by atoms with Gasteiger partial charge in [-0.3, -0.25) is 30.3 Å². The Morgan fingerprint density at radius 2 is 2.03 bits per heavy atom. The Morgan fingerprint density at radius 1 is 1.27 bits per heavy atom. The number of amides is 1. The highest BCUT2D eigenvalue weighted by Gasteiger charge is 2.53. The van der Waals surface area contributed by atoms with Crippen molar-refractivity contribution < 1.29 is 29.6 Å². The van der Waals surface area contributed by atoms with E-state index in [2.05, 4.69) is 25.5 Å². The van der Waals surface area contributed by atoms with E-state index >= 15 is 0 Å². The molecule has 4 aliphatic heterocycles. The topological polar surface area (TPSA) is 175 Å². The maximum absolute atomic E-state index is 12.3. The first-order chi connectivity index (χ1) is 14.5. The monoisotopic (exact) mass is 425 g/mol. The summed E-state index contributed by atoms with van der Waals surface area (Å²) in [6.07, 6.45) is -3.98. The molecular formula is C17H27N7O6. The molecule has 0 radical (unpaired) electrons. The van der Waals surface area contributed by atoms with Crippen molar-refractivity contribution in [1.82, 2.24) is 20.4 Å². The van der Waals surface area contributed by atoms with E-state index in [0.717, 1.165) is 39.3 Å². The van der Waals surface area contributed by atoms with Crippen molar-refractivity contribution in [3.8, 4) is 0 Å². The van der Waals surface area contributed by atoms with E-state index < -0.39 is 43.1 Å². The molecule has 30 heavy (non-hydrogen) atoms. The zero-order chi connectivity index (χ0) is 21.3. The van der Waals surface area contributed by atoms with Gasteiger partial charge in [0.1, 0.15) is 24.1 Å². The van der Waals surface area contributed by atoms with Crippen molar-refractivity contribution in [2.45, 2.75) is 37.0 Å². The van der Waals surface area contributed by atoms with Crippen LogP contribution in [0.25, 0.3) is 0 Å². The second-order valence-corrected chi connectivity index (χ2v) is 7.50. The number of nitrogens with one attached hydrogen (secondary N) is 3. The minimum Gasteiger partial charge on any atom is -0.394 e. The molecule has 0 aromatic carbocycles. The van der Waals surface area contributed by atoms with E-state index in [0.29, 0.717) is 6.54 Å². The molecule has 3 saturated heterocycles. The number of ether oxygens (including phenoxy) is 2. The van der Waals surface area contributed by atoms with Crippen LogP contribution in [0.2, 0.25) is 0 Å². The highest BCUT2D eigenvalue weighted by molar-refractivity contribution is 6.26. The van der Waals surface area contributed by atoms with Crippen LogP contribution in [0.3, 0.4) is 0 Å². The number of rotatable bonds is 6. The van der Waals surface area contributed by atoms with Gasteiger partial charge in [-0.15, -0.1) is 0 Å². The Kier molecular flexibility index (Phi) is 6.26. The Labute approximate surface area is 172 Å². The Hall–Kier alpha value is -2.16. The lowest BCUT2D eigenvalue weighted by molar-refractivity contribution is -0.120. The first kappa shape index (κ1) is 21.1. The number of hydrogen-bond donors (Lipinski definition) is 6. The molecule has 4 aliphatic rings. The van der Waals surface area contributed by atoms with Crippen LogP contribution in [0, 0.1) is 5.41 Å². The van der Waals surface area contributed by atoms with Crippen molar-refractivity contribution in [3.05, 3.63) is 0 Å². The molecule has 0 aliphatic carbocycles. The largest absolute Gasteiger partial charge is 0.394 e. The molecule has 6 N–H and O–H groups in total. The van der Waals surface area contributed by atoms with Gasteiger partial charge in [-0.2, -0.15) is 4.99 Å². The van der Waals surface area contributed by atoms with Gasteiger partial charge in [0.15, 0.2) is 12.3 Å². The van der Waals surface area contributed by atoms with Crippen molar-refractivity contribution in [1.29, 1.82) is 5.41 Å². The minimum atomic E-state index is -1.36. The van der Waals surface area contributed by atoms with Crippen molar-refractivity contribution in [3.63, 3.8) is 0 Å². The number of carbonyl (C=O) groups is 1. The molecule has 13 nitrogen and oxygen atoms in total. The average molecular weight is 425 g/mol. The molecular weight excluding hydrogens is 398 g/mol. The Morgan fingerprint density at radius 3 is 2.73 bits per heavy atom. The highest BCUT2D eigenvalue weighted by Crippen LogP contribution is 2.28. The van der Waals surface area contributed by atoms with Crippen LogP contribution < -0.4 is 10.6 Å². The molecule has 0 bridgehead atoms.